The first kappa shape index (κ1) is 20.1. The Bertz CT molecular complexity index is 702. The van der Waals surface area contributed by atoms with Crippen molar-refractivity contribution in [2.75, 3.05) is 18.1 Å². The van der Waals surface area contributed by atoms with Crippen molar-refractivity contribution >= 4 is 35.4 Å². The highest BCUT2D eigenvalue weighted by molar-refractivity contribution is 7.99. The van der Waals surface area contributed by atoms with E-state index in [1.165, 1.54) is 23.7 Å². The van der Waals surface area contributed by atoms with Crippen LogP contribution in [-0.2, 0) is 14.3 Å². The Balaban J connectivity index is 1.98. The minimum atomic E-state index is -0.770. The summed E-state index contributed by atoms with van der Waals surface area (Å²) in [5, 5.41) is 5.54. The Hall–Kier alpha value is -2.22. The summed E-state index contributed by atoms with van der Waals surface area (Å²) in [4.78, 5) is 39.2. The maximum atomic E-state index is 12.5. The molecule has 0 saturated carbocycles. The number of fused-ring (bicyclic) bond motifs is 1. The van der Waals surface area contributed by atoms with Crippen LogP contribution in [0, 0.1) is 0 Å². The van der Waals surface area contributed by atoms with Crippen LogP contribution in [0.3, 0.4) is 0 Å². The van der Waals surface area contributed by atoms with Crippen molar-refractivity contribution in [3.63, 3.8) is 0 Å². The summed E-state index contributed by atoms with van der Waals surface area (Å²) in [6, 6.07) is 6.03. The predicted octanol–water partition coefficient (Wildman–Crippen LogP) is 2.47. The lowest BCUT2D eigenvalue weighted by Crippen LogP contribution is -2.53. The number of nitrogens with zero attached hydrogens (tertiary/aromatic N) is 1. The zero-order valence-electron chi connectivity index (χ0n) is 15.7. The van der Waals surface area contributed by atoms with E-state index in [0.717, 1.165) is 10.6 Å². The van der Waals surface area contributed by atoms with Crippen LogP contribution in [0.5, 0.6) is 0 Å². The van der Waals surface area contributed by atoms with Crippen LogP contribution >= 0.6 is 11.8 Å². The third-order valence-electron chi connectivity index (χ3n) is 3.83. The van der Waals surface area contributed by atoms with E-state index in [1.807, 2.05) is 24.3 Å². The average Bonchev–Trinajstić information content (AvgIpc) is 2.71. The average molecular weight is 379 g/mol. The molecule has 1 aromatic rings. The molecular weight excluding hydrogens is 354 g/mol. The Morgan fingerprint density at radius 2 is 2.00 bits per heavy atom. The van der Waals surface area contributed by atoms with Gasteiger partial charge in [0.1, 0.15) is 17.7 Å². The molecule has 1 aromatic carbocycles. The molecular formula is C18H25N3O4S. The quantitative estimate of drug-likeness (QED) is 0.842. The summed E-state index contributed by atoms with van der Waals surface area (Å²) >= 11 is 1.49. The van der Waals surface area contributed by atoms with Crippen LogP contribution in [-0.4, -0.2) is 53.3 Å². The van der Waals surface area contributed by atoms with Gasteiger partial charge in [0.15, 0.2) is 0 Å². The minimum absolute atomic E-state index is 0.275. The van der Waals surface area contributed by atoms with E-state index in [4.69, 9.17) is 4.74 Å². The molecule has 2 rings (SSSR count). The highest BCUT2D eigenvalue weighted by Crippen LogP contribution is 2.30. The number of thioether (sulfide) groups is 1. The number of ether oxygens (including phenoxy) is 1. The number of benzene rings is 1. The molecule has 0 spiro atoms. The van der Waals surface area contributed by atoms with Gasteiger partial charge in [0.05, 0.1) is 5.69 Å². The molecule has 2 unspecified atom stereocenters. The molecule has 0 saturated heterocycles. The van der Waals surface area contributed by atoms with Gasteiger partial charge in [-0.3, -0.25) is 14.5 Å². The minimum Gasteiger partial charge on any atom is -0.444 e. The summed E-state index contributed by atoms with van der Waals surface area (Å²) in [6.45, 7) is 6.87. The van der Waals surface area contributed by atoms with E-state index in [9.17, 15) is 14.4 Å². The highest BCUT2D eigenvalue weighted by Gasteiger charge is 2.31. The van der Waals surface area contributed by atoms with Gasteiger partial charge < -0.3 is 15.4 Å². The van der Waals surface area contributed by atoms with Crippen molar-refractivity contribution in [1.82, 2.24) is 10.2 Å². The number of carbonyl (C=O) groups excluding carboxylic acids is 3. The Morgan fingerprint density at radius 3 is 2.65 bits per heavy atom. The largest absolute Gasteiger partial charge is 0.444 e. The van der Waals surface area contributed by atoms with Gasteiger partial charge in [0.2, 0.25) is 11.8 Å². The molecule has 0 aliphatic carbocycles. The zero-order valence-corrected chi connectivity index (χ0v) is 16.5. The van der Waals surface area contributed by atoms with Crippen molar-refractivity contribution in [2.45, 2.75) is 50.3 Å². The van der Waals surface area contributed by atoms with Crippen LogP contribution in [0.15, 0.2) is 29.2 Å². The zero-order chi connectivity index (χ0) is 19.5. The van der Waals surface area contributed by atoms with Crippen LogP contribution in [0.4, 0.5) is 10.5 Å². The molecule has 8 heteroatoms. The van der Waals surface area contributed by atoms with Gasteiger partial charge in [0.25, 0.3) is 0 Å². The number of likely N-dealkylation sites (N-methyl/N-ethyl adjacent to an activating group) is 1. The Kier molecular flexibility index (Phi) is 6.17. The third kappa shape index (κ3) is 5.14. The molecule has 26 heavy (non-hydrogen) atoms. The van der Waals surface area contributed by atoms with Gasteiger partial charge in [-0.2, -0.15) is 0 Å². The lowest BCUT2D eigenvalue weighted by Gasteiger charge is -2.28. The standard InChI is InChI=1S/C18H25N3O4S/c1-11(21(5)17(24)25-18(2,3)4)15(22)20-13-10-26-14-9-7-6-8-12(14)19-16(13)23/h6-9,11,13H,10H2,1-5H3,(H,19,23)(H,20,22). The smallest absolute Gasteiger partial charge is 0.410 e. The molecule has 3 amide bonds. The van der Waals surface area contributed by atoms with Gasteiger partial charge in [-0.1, -0.05) is 12.1 Å². The number of para-hydroxylation sites is 1. The summed E-state index contributed by atoms with van der Waals surface area (Å²) < 4.78 is 5.27. The second-order valence-electron chi connectivity index (χ2n) is 7.12. The van der Waals surface area contributed by atoms with E-state index < -0.39 is 29.7 Å². The summed E-state index contributed by atoms with van der Waals surface area (Å²) in [5.41, 5.74) is 0.0867. The summed E-state index contributed by atoms with van der Waals surface area (Å²) in [6.07, 6.45) is -0.591. The van der Waals surface area contributed by atoms with E-state index in [-0.39, 0.29) is 5.91 Å². The second-order valence-corrected chi connectivity index (χ2v) is 8.19. The van der Waals surface area contributed by atoms with E-state index in [1.54, 1.807) is 27.7 Å². The van der Waals surface area contributed by atoms with E-state index in [2.05, 4.69) is 10.6 Å². The van der Waals surface area contributed by atoms with Crippen molar-refractivity contribution in [2.24, 2.45) is 0 Å². The van der Waals surface area contributed by atoms with Crippen LogP contribution < -0.4 is 10.6 Å². The van der Waals surface area contributed by atoms with Crippen molar-refractivity contribution in [3.05, 3.63) is 24.3 Å². The molecule has 2 atom stereocenters. The highest BCUT2D eigenvalue weighted by atomic mass is 32.2. The molecule has 142 valence electrons. The molecule has 7 nitrogen and oxygen atoms in total. The number of amides is 3. The maximum Gasteiger partial charge on any atom is 0.410 e. The molecule has 1 aliphatic rings. The number of nitrogens with one attached hydrogen (secondary N) is 2. The second kappa shape index (κ2) is 7.99. The normalized spacial score (nSPS) is 18.0. The Morgan fingerprint density at radius 1 is 1.35 bits per heavy atom. The summed E-state index contributed by atoms with van der Waals surface area (Å²) in [7, 11) is 1.50. The maximum absolute atomic E-state index is 12.5. The molecule has 0 aromatic heterocycles. The predicted molar refractivity (Wildman–Crippen MR) is 101 cm³/mol. The molecule has 1 aliphatic heterocycles. The number of hydrogen-bond donors (Lipinski definition) is 2. The first-order valence-corrected chi connectivity index (χ1v) is 9.36. The molecule has 0 bridgehead atoms. The topological polar surface area (TPSA) is 87.7 Å². The monoisotopic (exact) mass is 379 g/mol. The van der Waals surface area contributed by atoms with Crippen molar-refractivity contribution < 1.29 is 19.1 Å². The van der Waals surface area contributed by atoms with Crippen LogP contribution in [0.25, 0.3) is 0 Å². The molecule has 1 heterocycles. The van der Waals surface area contributed by atoms with Gasteiger partial charge in [-0.05, 0) is 39.8 Å². The van der Waals surface area contributed by atoms with Gasteiger partial charge >= 0.3 is 6.09 Å². The fourth-order valence-electron chi connectivity index (χ4n) is 2.23. The van der Waals surface area contributed by atoms with Gasteiger partial charge in [-0.15, -0.1) is 11.8 Å². The first-order valence-electron chi connectivity index (χ1n) is 8.37. The lowest BCUT2D eigenvalue weighted by atomic mass is 10.2. The van der Waals surface area contributed by atoms with Gasteiger partial charge in [0, 0.05) is 17.7 Å². The summed E-state index contributed by atoms with van der Waals surface area (Å²) in [5.74, 6) is -0.273. The van der Waals surface area contributed by atoms with E-state index in [0.29, 0.717) is 5.75 Å². The fraction of sp³-hybridized carbons (Fsp3) is 0.500. The van der Waals surface area contributed by atoms with Crippen LogP contribution in [0.2, 0.25) is 0 Å². The van der Waals surface area contributed by atoms with Crippen molar-refractivity contribution in [3.8, 4) is 0 Å². The number of anilines is 1. The number of hydrogen-bond acceptors (Lipinski definition) is 5. The van der Waals surface area contributed by atoms with E-state index >= 15 is 0 Å². The van der Waals surface area contributed by atoms with Gasteiger partial charge in [-0.25, -0.2) is 4.79 Å². The Labute approximate surface area is 157 Å². The fourth-order valence-corrected chi connectivity index (χ4v) is 3.26. The number of rotatable bonds is 3. The number of carbonyl (C=O) groups is 3. The lowest BCUT2D eigenvalue weighted by molar-refractivity contribution is -0.129. The van der Waals surface area contributed by atoms with Crippen LogP contribution in [0.1, 0.15) is 27.7 Å². The first-order chi connectivity index (χ1) is 12.1. The third-order valence-corrected chi connectivity index (χ3v) is 4.99. The molecule has 0 fully saturated rings. The molecule has 2 N–H and O–H groups in total. The van der Waals surface area contributed by atoms with Crippen molar-refractivity contribution in [1.29, 1.82) is 0 Å². The SMILES string of the molecule is CC(C(=O)NC1CSc2ccccc2NC1=O)N(C)C(=O)OC(C)(C)C. The molecule has 0 radical (unpaired) electrons.